The Hall–Kier alpha value is -5.11. The van der Waals surface area contributed by atoms with Gasteiger partial charge in [0.15, 0.2) is 0 Å². The average Bonchev–Trinajstić information content (AvgIpc) is 3.13. The van der Waals surface area contributed by atoms with Gasteiger partial charge >= 0.3 is 12.1 Å². The van der Waals surface area contributed by atoms with Gasteiger partial charge in [-0.2, -0.15) is 0 Å². The van der Waals surface area contributed by atoms with Gasteiger partial charge in [-0.3, -0.25) is 4.79 Å². The van der Waals surface area contributed by atoms with E-state index < -0.39 is 12.1 Å². The molecule has 4 aromatic rings. The predicted octanol–water partition coefficient (Wildman–Crippen LogP) is 5.48. The molecule has 0 saturated heterocycles. The lowest BCUT2D eigenvalue weighted by atomic mass is 10.0. The summed E-state index contributed by atoms with van der Waals surface area (Å²) < 4.78 is 5.41. The van der Waals surface area contributed by atoms with Crippen molar-refractivity contribution < 1.29 is 19.1 Å². The summed E-state index contributed by atoms with van der Waals surface area (Å²) in [5, 5.41) is 8.22. The number of benzene rings is 4. The molecule has 1 heterocycles. The van der Waals surface area contributed by atoms with Crippen molar-refractivity contribution in [3.8, 4) is 11.1 Å². The molecule has 0 radical (unpaired) electrons. The molecular formula is C33H32N4O4. The molecule has 41 heavy (non-hydrogen) atoms. The minimum absolute atomic E-state index is 0.127. The molecule has 0 unspecified atom stereocenters. The number of fused-ring (bicyclic) bond motifs is 1. The van der Waals surface area contributed by atoms with Crippen molar-refractivity contribution >= 4 is 23.7 Å². The van der Waals surface area contributed by atoms with E-state index >= 15 is 0 Å². The first-order valence-electron chi connectivity index (χ1n) is 13.5. The second-order valence-electron chi connectivity index (χ2n) is 9.87. The molecule has 208 valence electrons. The maximum absolute atomic E-state index is 13.7. The van der Waals surface area contributed by atoms with E-state index in [9.17, 15) is 14.4 Å². The lowest BCUT2D eigenvalue weighted by molar-refractivity contribution is -0.134. The number of nitrogens with one attached hydrogen (secondary N) is 3. The molecule has 8 nitrogen and oxygen atoms in total. The predicted molar refractivity (Wildman–Crippen MR) is 158 cm³/mol. The highest BCUT2D eigenvalue weighted by Crippen LogP contribution is 2.29. The van der Waals surface area contributed by atoms with Gasteiger partial charge in [0.25, 0.3) is 0 Å². The molecule has 8 heteroatoms. The number of anilines is 1. The second-order valence-corrected chi connectivity index (χ2v) is 9.87. The Balaban J connectivity index is 1.31. The fourth-order valence-electron chi connectivity index (χ4n) is 4.91. The zero-order valence-electron chi connectivity index (χ0n) is 22.8. The number of carbonyl (C=O) groups excluding carboxylic acids is 3. The molecule has 0 aliphatic carbocycles. The van der Waals surface area contributed by atoms with Crippen molar-refractivity contribution in [2.24, 2.45) is 0 Å². The third kappa shape index (κ3) is 6.91. The first kappa shape index (κ1) is 27.5. The highest BCUT2D eigenvalue weighted by Gasteiger charge is 2.31. The Morgan fingerprint density at radius 2 is 1.51 bits per heavy atom. The molecule has 1 aliphatic heterocycles. The third-order valence-corrected chi connectivity index (χ3v) is 7.06. The fourth-order valence-corrected chi connectivity index (χ4v) is 4.91. The number of hydrogen-bond donors (Lipinski definition) is 3. The standard InChI is InChI=1S/C33H32N4O4/c1-34-32(39)35-29-14-8-7-13-28(29)25-17-15-23(16-18-25)20-37-21-27-12-6-5-11-26(27)19-30(31(37)38)36-33(40)41-22-24-9-3-2-4-10-24/h2-18,30H,19-22H2,1H3,(H,36,40)(H2,34,35,39)/t30-/m1/s1. The van der Waals surface area contributed by atoms with Crippen LogP contribution < -0.4 is 16.0 Å². The quantitative estimate of drug-likeness (QED) is 0.285. The van der Waals surface area contributed by atoms with Gasteiger partial charge in [-0.05, 0) is 33.9 Å². The fraction of sp³-hybridized carbons (Fsp3) is 0.182. The van der Waals surface area contributed by atoms with Crippen LogP contribution >= 0.6 is 0 Å². The van der Waals surface area contributed by atoms with Crippen LogP contribution in [0.3, 0.4) is 0 Å². The summed E-state index contributed by atoms with van der Waals surface area (Å²) in [6, 6.07) is 31.8. The number of amides is 4. The van der Waals surface area contributed by atoms with Crippen LogP contribution in [0.4, 0.5) is 15.3 Å². The number of carbonyl (C=O) groups is 3. The molecule has 5 rings (SSSR count). The molecule has 0 aromatic heterocycles. The largest absolute Gasteiger partial charge is 0.445 e. The Kier molecular flexibility index (Phi) is 8.59. The Labute approximate surface area is 239 Å². The van der Waals surface area contributed by atoms with Crippen molar-refractivity contribution in [1.29, 1.82) is 0 Å². The van der Waals surface area contributed by atoms with Gasteiger partial charge in [-0.25, -0.2) is 9.59 Å². The van der Waals surface area contributed by atoms with Gasteiger partial charge in [0, 0.05) is 32.1 Å². The smallest absolute Gasteiger partial charge is 0.408 e. The summed E-state index contributed by atoms with van der Waals surface area (Å²) in [7, 11) is 1.57. The van der Waals surface area contributed by atoms with Crippen LogP contribution in [0.15, 0.2) is 103 Å². The number of rotatable bonds is 7. The lowest BCUT2D eigenvalue weighted by Crippen LogP contribution is -2.48. The van der Waals surface area contributed by atoms with Gasteiger partial charge in [-0.1, -0.05) is 97.1 Å². The van der Waals surface area contributed by atoms with E-state index in [2.05, 4.69) is 16.0 Å². The normalized spacial score (nSPS) is 14.4. The van der Waals surface area contributed by atoms with Crippen LogP contribution in [0, 0.1) is 0 Å². The van der Waals surface area contributed by atoms with Crippen molar-refractivity contribution in [3.05, 3.63) is 125 Å². The van der Waals surface area contributed by atoms with Crippen LogP contribution in [0.25, 0.3) is 11.1 Å². The van der Waals surface area contributed by atoms with Crippen molar-refractivity contribution in [2.75, 3.05) is 12.4 Å². The number of para-hydroxylation sites is 1. The first-order valence-corrected chi connectivity index (χ1v) is 13.5. The first-order chi connectivity index (χ1) is 20.0. The van der Waals surface area contributed by atoms with Crippen LogP contribution in [0.5, 0.6) is 0 Å². The van der Waals surface area contributed by atoms with Gasteiger partial charge in [0.1, 0.15) is 12.6 Å². The van der Waals surface area contributed by atoms with Gasteiger partial charge in [-0.15, -0.1) is 0 Å². The molecule has 0 spiro atoms. The van der Waals surface area contributed by atoms with E-state index in [1.165, 1.54) is 0 Å². The van der Waals surface area contributed by atoms with Crippen LogP contribution in [-0.4, -0.2) is 36.0 Å². The van der Waals surface area contributed by atoms with Gasteiger partial charge in [0.05, 0.1) is 5.69 Å². The van der Waals surface area contributed by atoms with E-state index in [0.717, 1.165) is 33.4 Å². The zero-order valence-corrected chi connectivity index (χ0v) is 22.8. The topological polar surface area (TPSA) is 99.8 Å². The van der Waals surface area contributed by atoms with Crippen molar-refractivity contribution in [1.82, 2.24) is 15.5 Å². The molecule has 3 N–H and O–H groups in total. The van der Waals surface area contributed by atoms with E-state index in [4.69, 9.17) is 4.74 Å². The monoisotopic (exact) mass is 548 g/mol. The summed E-state index contributed by atoms with van der Waals surface area (Å²) in [6.07, 6.45) is -0.236. The van der Waals surface area contributed by atoms with Crippen LogP contribution in [0.2, 0.25) is 0 Å². The van der Waals surface area contributed by atoms with Crippen LogP contribution in [-0.2, 0) is 35.6 Å². The SMILES string of the molecule is CNC(=O)Nc1ccccc1-c1ccc(CN2Cc3ccccc3C[C@@H](NC(=O)OCc3ccccc3)C2=O)cc1. The Morgan fingerprint density at radius 3 is 2.27 bits per heavy atom. The molecule has 1 atom stereocenters. The zero-order chi connectivity index (χ0) is 28.6. The second kappa shape index (κ2) is 12.8. The Bertz CT molecular complexity index is 1520. The average molecular weight is 549 g/mol. The summed E-state index contributed by atoms with van der Waals surface area (Å²) in [5.74, 6) is -0.165. The highest BCUT2D eigenvalue weighted by molar-refractivity contribution is 5.94. The maximum atomic E-state index is 13.7. The van der Waals surface area contributed by atoms with E-state index in [1.807, 2.05) is 103 Å². The molecule has 4 amide bonds. The molecule has 1 aliphatic rings. The number of ether oxygens (including phenoxy) is 1. The van der Waals surface area contributed by atoms with E-state index in [1.54, 1.807) is 11.9 Å². The number of urea groups is 1. The molecular weight excluding hydrogens is 516 g/mol. The molecule has 0 saturated carbocycles. The lowest BCUT2D eigenvalue weighted by Gasteiger charge is -2.25. The molecule has 0 fully saturated rings. The van der Waals surface area contributed by atoms with Gasteiger partial charge in [0.2, 0.25) is 5.91 Å². The van der Waals surface area contributed by atoms with Crippen molar-refractivity contribution in [3.63, 3.8) is 0 Å². The van der Waals surface area contributed by atoms with E-state index in [0.29, 0.717) is 25.2 Å². The van der Waals surface area contributed by atoms with E-state index in [-0.39, 0.29) is 18.5 Å². The van der Waals surface area contributed by atoms with Crippen LogP contribution in [0.1, 0.15) is 22.3 Å². The number of alkyl carbamates (subject to hydrolysis) is 1. The highest BCUT2D eigenvalue weighted by atomic mass is 16.5. The summed E-state index contributed by atoms with van der Waals surface area (Å²) in [6.45, 7) is 0.942. The number of nitrogens with zero attached hydrogens (tertiary/aromatic N) is 1. The Morgan fingerprint density at radius 1 is 0.829 bits per heavy atom. The number of hydrogen-bond acceptors (Lipinski definition) is 4. The van der Waals surface area contributed by atoms with Crippen molar-refractivity contribution in [2.45, 2.75) is 32.2 Å². The third-order valence-electron chi connectivity index (χ3n) is 7.06. The molecule has 0 bridgehead atoms. The maximum Gasteiger partial charge on any atom is 0.408 e. The summed E-state index contributed by atoms with van der Waals surface area (Å²) in [4.78, 5) is 40.0. The summed E-state index contributed by atoms with van der Waals surface area (Å²) >= 11 is 0. The minimum Gasteiger partial charge on any atom is -0.445 e. The minimum atomic E-state index is -0.746. The van der Waals surface area contributed by atoms with Gasteiger partial charge < -0.3 is 25.6 Å². The molecule has 4 aromatic carbocycles. The summed E-state index contributed by atoms with van der Waals surface area (Å²) in [5.41, 5.74) is 6.42.